The fraction of sp³-hybridized carbons (Fsp3) is 0.417. The summed E-state index contributed by atoms with van der Waals surface area (Å²) in [5.74, 6) is 0. The van der Waals surface area contributed by atoms with Crippen molar-refractivity contribution in [2.45, 2.75) is 32.6 Å². The zero-order valence-electron chi connectivity index (χ0n) is 8.82. The van der Waals surface area contributed by atoms with Crippen LogP contribution < -0.4 is 0 Å². The van der Waals surface area contributed by atoms with Crippen molar-refractivity contribution in [3.8, 4) is 0 Å². The van der Waals surface area contributed by atoms with Crippen molar-refractivity contribution in [3.05, 3.63) is 35.9 Å². The monoisotopic (exact) mass is 189 g/mol. The Labute approximate surface area is 84.6 Å². The van der Waals surface area contributed by atoms with Crippen LogP contribution in [0.2, 0.25) is 0 Å². The molecule has 1 atom stereocenters. The van der Waals surface area contributed by atoms with E-state index in [4.69, 9.17) is 4.74 Å². The molecule has 1 aromatic carbocycles. The molecule has 0 saturated heterocycles. The minimum Gasteiger partial charge on any atom is -0.341 e. The van der Waals surface area contributed by atoms with Gasteiger partial charge in [-0.15, -0.1) is 0 Å². The van der Waals surface area contributed by atoms with Gasteiger partial charge in [0.05, 0.1) is 0 Å². The molecule has 2 heteroatoms. The van der Waals surface area contributed by atoms with Gasteiger partial charge in [0, 0.05) is 5.71 Å². The SMILES string of the molecule is CC1=NC(C)(C)O[C@@H]1c1ccccc1. The third kappa shape index (κ3) is 1.70. The van der Waals surface area contributed by atoms with Gasteiger partial charge in [-0.2, -0.15) is 0 Å². The Kier molecular flexibility index (Phi) is 2.16. The number of aliphatic imine (C=N–C) groups is 1. The second kappa shape index (κ2) is 3.21. The van der Waals surface area contributed by atoms with Crippen molar-refractivity contribution < 1.29 is 4.74 Å². The van der Waals surface area contributed by atoms with Crippen LogP contribution >= 0.6 is 0 Å². The van der Waals surface area contributed by atoms with E-state index in [1.54, 1.807) is 0 Å². The molecule has 0 fully saturated rings. The van der Waals surface area contributed by atoms with Crippen LogP contribution in [0.5, 0.6) is 0 Å². The molecule has 0 spiro atoms. The van der Waals surface area contributed by atoms with Crippen LogP contribution in [0, 0.1) is 0 Å². The quantitative estimate of drug-likeness (QED) is 0.665. The van der Waals surface area contributed by atoms with Gasteiger partial charge in [0.2, 0.25) is 0 Å². The molecule has 74 valence electrons. The van der Waals surface area contributed by atoms with Gasteiger partial charge in [-0.05, 0) is 26.3 Å². The van der Waals surface area contributed by atoms with E-state index < -0.39 is 0 Å². The Hall–Kier alpha value is -1.15. The topological polar surface area (TPSA) is 21.6 Å². The van der Waals surface area contributed by atoms with Gasteiger partial charge in [0.15, 0.2) is 5.72 Å². The van der Waals surface area contributed by atoms with Crippen molar-refractivity contribution in [1.82, 2.24) is 0 Å². The Morgan fingerprint density at radius 1 is 1.21 bits per heavy atom. The molecule has 0 aromatic heterocycles. The smallest absolute Gasteiger partial charge is 0.154 e. The van der Waals surface area contributed by atoms with Crippen LogP contribution in [0.15, 0.2) is 35.3 Å². The lowest BCUT2D eigenvalue weighted by Crippen LogP contribution is -2.17. The van der Waals surface area contributed by atoms with E-state index in [9.17, 15) is 0 Å². The first-order chi connectivity index (χ1) is 6.58. The van der Waals surface area contributed by atoms with Gasteiger partial charge >= 0.3 is 0 Å². The molecule has 2 nitrogen and oxygen atoms in total. The normalized spacial score (nSPS) is 24.8. The molecule has 1 aliphatic heterocycles. The van der Waals surface area contributed by atoms with E-state index in [-0.39, 0.29) is 11.8 Å². The van der Waals surface area contributed by atoms with Gasteiger partial charge in [-0.3, -0.25) is 4.99 Å². The molecule has 0 radical (unpaired) electrons. The highest BCUT2D eigenvalue weighted by Crippen LogP contribution is 2.32. The van der Waals surface area contributed by atoms with Crippen LogP contribution in [0.4, 0.5) is 0 Å². The number of rotatable bonds is 1. The summed E-state index contributed by atoms with van der Waals surface area (Å²) in [6, 6.07) is 10.2. The number of ether oxygens (including phenoxy) is 1. The minimum atomic E-state index is -0.370. The van der Waals surface area contributed by atoms with E-state index in [1.807, 2.05) is 39.0 Å². The van der Waals surface area contributed by atoms with Crippen molar-refractivity contribution in [3.63, 3.8) is 0 Å². The maximum absolute atomic E-state index is 5.84. The summed E-state index contributed by atoms with van der Waals surface area (Å²) in [5.41, 5.74) is 1.87. The summed E-state index contributed by atoms with van der Waals surface area (Å²) < 4.78 is 5.84. The predicted molar refractivity (Wildman–Crippen MR) is 57.5 cm³/mol. The number of benzene rings is 1. The van der Waals surface area contributed by atoms with Crippen LogP contribution in [-0.2, 0) is 4.74 Å². The summed E-state index contributed by atoms with van der Waals surface area (Å²) in [6.45, 7) is 5.99. The lowest BCUT2D eigenvalue weighted by molar-refractivity contribution is -0.0161. The highest BCUT2D eigenvalue weighted by atomic mass is 16.5. The van der Waals surface area contributed by atoms with E-state index in [2.05, 4.69) is 17.1 Å². The Balaban J connectivity index is 2.28. The Morgan fingerprint density at radius 3 is 2.36 bits per heavy atom. The van der Waals surface area contributed by atoms with E-state index >= 15 is 0 Å². The van der Waals surface area contributed by atoms with E-state index in [0.717, 1.165) is 5.71 Å². The molecule has 0 saturated carbocycles. The lowest BCUT2D eigenvalue weighted by Gasteiger charge is -2.18. The fourth-order valence-corrected chi connectivity index (χ4v) is 1.82. The van der Waals surface area contributed by atoms with Crippen molar-refractivity contribution in [2.75, 3.05) is 0 Å². The second-order valence-corrected chi connectivity index (χ2v) is 4.11. The van der Waals surface area contributed by atoms with Gasteiger partial charge in [-0.25, -0.2) is 0 Å². The van der Waals surface area contributed by atoms with Crippen LogP contribution in [-0.4, -0.2) is 11.4 Å². The first-order valence-corrected chi connectivity index (χ1v) is 4.88. The van der Waals surface area contributed by atoms with Crippen molar-refractivity contribution in [2.24, 2.45) is 4.99 Å². The molecule has 0 N–H and O–H groups in total. The lowest BCUT2D eigenvalue weighted by atomic mass is 10.1. The molecule has 1 heterocycles. The third-order valence-electron chi connectivity index (χ3n) is 2.33. The van der Waals surface area contributed by atoms with Gasteiger partial charge in [0.25, 0.3) is 0 Å². The molecule has 14 heavy (non-hydrogen) atoms. The molecular formula is C12H15NO. The summed E-state index contributed by atoms with van der Waals surface area (Å²) in [7, 11) is 0. The highest BCUT2D eigenvalue weighted by Gasteiger charge is 2.32. The predicted octanol–water partition coefficient (Wildman–Crippen LogP) is 2.95. The van der Waals surface area contributed by atoms with Crippen LogP contribution in [0.1, 0.15) is 32.4 Å². The molecule has 0 unspecified atom stereocenters. The summed E-state index contributed by atoms with van der Waals surface area (Å²) >= 11 is 0. The largest absolute Gasteiger partial charge is 0.341 e. The average molecular weight is 189 g/mol. The molecule has 1 aliphatic rings. The van der Waals surface area contributed by atoms with Crippen molar-refractivity contribution in [1.29, 1.82) is 0 Å². The van der Waals surface area contributed by atoms with Gasteiger partial charge < -0.3 is 4.74 Å². The molecule has 0 amide bonds. The van der Waals surface area contributed by atoms with Crippen molar-refractivity contribution >= 4 is 5.71 Å². The number of nitrogens with zero attached hydrogens (tertiary/aromatic N) is 1. The molecule has 0 bridgehead atoms. The fourth-order valence-electron chi connectivity index (χ4n) is 1.82. The van der Waals surface area contributed by atoms with Crippen LogP contribution in [0.3, 0.4) is 0 Å². The first kappa shape index (κ1) is 9.41. The summed E-state index contributed by atoms with van der Waals surface area (Å²) in [6.07, 6.45) is 0.0335. The molecule has 1 aromatic rings. The zero-order chi connectivity index (χ0) is 10.2. The Bertz CT molecular complexity index is 354. The van der Waals surface area contributed by atoms with Gasteiger partial charge in [-0.1, -0.05) is 30.3 Å². The number of hydrogen-bond donors (Lipinski definition) is 0. The summed E-state index contributed by atoms with van der Waals surface area (Å²) in [4.78, 5) is 4.47. The molecule has 0 aliphatic carbocycles. The van der Waals surface area contributed by atoms with Gasteiger partial charge in [0.1, 0.15) is 6.10 Å². The Morgan fingerprint density at radius 2 is 1.86 bits per heavy atom. The van der Waals surface area contributed by atoms with Crippen LogP contribution in [0.25, 0.3) is 0 Å². The summed E-state index contributed by atoms with van der Waals surface area (Å²) in [5, 5.41) is 0. The maximum Gasteiger partial charge on any atom is 0.154 e. The zero-order valence-corrected chi connectivity index (χ0v) is 8.82. The highest BCUT2D eigenvalue weighted by molar-refractivity contribution is 5.89. The second-order valence-electron chi connectivity index (χ2n) is 4.11. The average Bonchev–Trinajstić information content (AvgIpc) is 2.41. The molecule has 2 rings (SSSR count). The number of hydrogen-bond acceptors (Lipinski definition) is 2. The minimum absolute atomic E-state index is 0.0335. The third-order valence-corrected chi connectivity index (χ3v) is 2.33. The first-order valence-electron chi connectivity index (χ1n) is 4.88. The van der Waals surface area contributed by atoms with E-state index in [0.29, 0.717) is 0 Å². The molecular weight excluding hydrogens is 174 g/mol. The van der Waals surface area contributed by atoms with E-state index in [1.165, 1.54) is 5.56 Å². The standard InChI is InChI=1S/C12H15NO/c1-9-11(14-12(2,3)13-9)10-7-5-4-6-8-10/h4-8,11H,1-3H3/t11-/m0/s1. The maximum atomic E-state index is 5.84.